The molecule has 0 radical (unpaired) electrons. The van der Waals surface area contributed by atoms with Gasteiger partial charge < -0.3 is 5.32 Å². The van der Waals surface area contributed by atoms with E-state index in [1.54, 1.807) is 18.0 Å². The van der Waals surface area contributed by atoms with Crippen molar-refractivity contribution in [1.82, 2.24) is 15.1 Å². The van der Waals surface area contributed by atoms with Gasteiger partial charge in [-0.2, -0.15) is 5.10 Å². The molecule has 0 aliphatic rings. The molecule has 0 saturated carbocycles. The third-order valence-corrected chi connectivity index (χ3v) is 4.44. The maximum Gasteiger partial charge on any atom is 0.0837 e. The highest BCUT2D eigenvalue weighted by Crippen LogP contribution is 2.31. The van der Waals surface area contributed by atoms with Crippen LogP contribution >= 0.6 is 23.4 Å². The minimum absolute atomic E-state index is 0.0586. The maximum atomic E-state index is 6.40. The van der Waals surface area contributed by atoms with E-state index >= 15 is 0 Å². The Bertz CT molecular complexity index is 578. The zero-order chi connectivity index (χ0) is 15.4. The standard InChI is InChI=1S/C16H22ClN3S/c1-5-18-15(12-6-8-13(21-4)9-7-12)16-14(17)10-19-20(16)11(2)3/h6-11,15,18H,5H2,1-4H3. The second-order valence-corrected chi connectivity index (χ2v) is 6.47. The van der Waals surface area contributed by atoms with Crippen LogP contribution in [0.4, 0.5) is 0 Å². The quantitative estimate of drug-likeness (QED) is 0.792. The average molecular weight is 324 g/mol. The maximum absolute atomic E-state index is 6.40. The molecule has 3 nitrogen and oxygen atoms in total. The van der Waals surface area contributed by atoms with E-state index in [0.717, 1.165) is 12.2 Å². The third kappa shape index (κ3) is 3.62. The summed E-state index contributed by atoms with van der Waals surface area (Å²) < 4.78 is 2.00. The van der Waals surface area contributed by atoms with Gasteiger partial charge in [0.2, 0.25) is 0 Å². The van der Waals surface area contributed by atoms with Gasteiger partial charge in [-0.3, -0.25) is 4.68 Å². The molecule has 0 amide bonds. The molecule has 2 aromatic rings. The first-order valence-electron chi connectivity index (χ1n) is 7.18. The van der Waals surface area contributed by atoms with Crippen LogP contribution in [0.15, 0.2) is 35.4 Å². The topological polar surface area (TPSA) is 29.9 Å². The molecule has 114 valence electrons. The van der Waals surface area contributed by atoms with Crippen molar-refractivity contribution in [2.75, 3.05) is 12.8 Å². The molecule has 1 unspecified atom stereocenters. The van der Waals surface area contributed by atoms with Crippen molar-refractivity contribution in [3.05, 3.63) is 46.7 Å². The summed E-state index contributed by atoms with van der Waals surface area (Å²) in [6, 6.07) is 8.95. The number of rotatable bonds is 6. The summed E-state index contributed by atoms with van der Waals surface area (Å²) in [6.07, 6.45) is 3.82. The van der Waals surface area contributed by atoms with E-state index in [1.165, 1.54) is 10.5 Å². The van der Waals surface area contributed by atoms with Crippen LogP contribution in [0.3, 0.4) is 0 Å². The molecule has 0 saturated heterocycles. The summed E-state index contributed by atoms with van der Waals surface area (Å²) in [5.74, 6) is 0. The summed E-state index contributed by atoms with van der Waals surface area (Å²) in [5.41, 5.74) is 2.24. The number of benzene rings is 1. The van der Waals surface area contributed by atoms with Gasteiger partial charge >= 0.3 is 0 Å². The van der Waals surface area contributed by atoms with Crippen LogP contribution in [0.2, 0.25) is 5.02 Å². The second-order valence-electron chi connectivity index (χ2n) is 5.18. The second kappa shape index (κ2) is 7.34. The Morgan fingerprint density at radius 1 is 1.29 bits per heavy atom. The SMILES string of the molecule is CCNC(c1ccc(SC)cc1)c1c(Cl)cnn1C(C)C. The molecule has 21 heavy (non-hydrogen) atoms. The van der Waals surface area contributed by atoms with E-state index in [-0.39, 0.29) is 12.1 Å². The minimum Gasteiger partial charge on any atom is -0.305 e. The largest absolute Gasteiger partial charge is 0.305 e. The van der Waals surface area contributed by atoms with Crippen molar-refractivity contribution in [2.45, 2.75) is 37.8 Å². The van der Waals surface area contributed by atoms with Crippen LogP contribution in [0, 0.1) is 0 Å². The van der Waals surface area contributed by atoms with E-state index in [2.05, 4.69) is 61.7 Å². The molecule has 0 fully saturated rings. The molecule has 0 bridgehead atoms. The minimum atomic E-state index is 0.0586. The lowest BCUT2D eigenvalue weighted by atomic mass is 10.0. The summed E-state index contributed by atoms with van der Waals surface area (Å²) in [7, 11) is 0. The fraction of sp³-hybridized carbons (Fsp3) is 0.438. The fourth-order valence-corrected chi connectivity index (χ4v) is 3.05. The fourth-order valence-electron chi connectivity index (χ4n) is 2.41. The number of thioether (sulfide) groups is 1. The van der Waals surface area contributed by atoms with Crippen LogP contribution in [-0.2, 0) is 0 Å². The van der Waals surface area contributed by atoms with Gasteiger partial charge in [0.25, 0.3) is 0 Å². The number of aromatic nitrogens is 2. The Hall–Kier alpha value is -0.970. The summed E-state index contributed by atoms with van der Waals surface area (Å²) >= 11 is 8.15. The van der Waals surface area contributed by atoms with Crippen LogP contribution in [0.5, 0.6) is 0 Å². The van der Waals surface area contributed by atoms with Crippen molar-refractivity contribution in [1.29, 1.82) is 0 Å². The van der Waals surface area contributed by atoms with Gasteiger partial charge in [0, 0.05) is 10.9 Å². The molecular weight excluding hydrogens is 302 g/mol. The molecular formula is C16H22ClN3S. The van der Waals surface area contributed by atoms with E-state index in [9.17, 15) is 0 Å². The van der Waals surface area contributed by atoms with Gasteiger partial charge in [-0.15, -0.1) is 11.8 Å². The highest BCUT2D eigenvalue weighted by Gasteiger charge is 2.22. The normalized spacial score (nSPS) is 12.9. The lowest BCUT2D eigenvalue weighted by molar-refractivity contribution is 0.476. The number of hydrogen-bond donors (Lipinski definition) is 1. The highest BCUT2D eigenvalue weighted by atomic mass is 35.5. The van der Waals surface area contributed by atoms with Crippen LogP contribution in [0.25, 0.3) is 0 Å². The molecule has 0 aliphatic carbocycles. The van der Waals surface area contributed by atoms with Gasteiger partial charge in [-0.1, -0.05) is 30.7 Å². The smallest absolute Gasteiger partial charge is 0.0837 e. The van der Waals surface area contributed by atoms with Gasteiger partial charge in [-0.05, 0) is 44.3 Å². The molecule has 2 rings (SSSR count). The lowest BCUT2D eigenvalue weighted by Crippen LogP contribution is -2.25. The number of nitrogens with one attached hydrogen (secondary N) is 1. The van der Waals surface area contributed by atoms with Crippen LogP contribution in [0.1, 0.15) is 44.1 Å². The van der Waals surface area contributed by atoms with Gasteiger partial charge in [0.15, 0.2) is 0 Å². The predicted molar refractivity (Wildman–Crippen MR) is 91.4 cm³/mol. The van der Waals surface area contributed by atoms with Crippen molar-refractivity contribution >= 4 is 23.4 Å². The first-order valence-corrected chi connectivity index (χ1v) is 8.79. The zero-order valence-electron chi connectivity index (χ0n) is 12.9. The third-order valence-electron chi connectivity index (χ3n) is 3.41. The Kier molecular flexibility index (Phi) is 5.73. The Balaban J connectivity index is 2.45. The Labute approximate surface area is 136 Å². The van der Waals surface area contributed by atoms with Crippen molar-refractivity contribution in [3.63, 3.8) is 0 Å². The van der Waals surface area contributed by atoms with E-state index in [1.807, 2.05) is 4.68 Å². The van der Waals surface area contributed by atoms with E-state index in [4.69, 9.17) is 11.6 Å². The molecule has 1 atom stereocenters. The number of halogens is 1. The molecule has 1 heterocycles. The van der Waals surface area contributed by atoms with Gasteiger partial charge in [0.05, 0.1) is 23.0 Å². The molecule has 1 aromatic heterocycles. The van der Waals surface area contributed by atoms with Crippen LogP contribution in [-0.4, -0.2) is 22.6 Å². The van der Waals surface area contributed by atoms with Crippen LogP contribution < -0.4 is 5.32 Å². The average Bonchev–Trinajstić information content (AvgIpc) is 2.87. The number of hydrogen-bond acceptors (Lipinski definition) is 3. The highest BCUT2D eigenvalue weighted by molar-refractivity contribution is 7.98. The molecule has 1 N–H and O–H groups in total. The van der Waals surface area contributed by atoms with Gasteiger partial charge in [0.1, 0.15) is 0 Å². The van der Waals surface area contributed by atoms with E-state index < -0.39 is 0 Å². The van der Waals surface area contributed by atoms with Crippen molar-refractivity contribution < 1.29 is 0 Å². The van der Waals surface area contributed by atoms with Gasteiger partial charge in [-0.25, -0.2) is 0 Å². The predicted octanol–water partition coefficient (Wildman–Crippen LogP) is 4.54. The molecule has 1 aromatic carbocycles. The zero-order valence-corrected chi connectivity index (χ0v) is 14.5. The first-order chi connectivity index (χ1) is 10.1. The summed E-state index contributed by atoms with van der Waals surface area (Å²) in [4.78, 5) is 1.26. The molecule has 0 spiro atoms. The molecule has 5 heteroatoms. The Morgan fingerprint density at radius 3 is 2.48 bits per heavy atom. The summed E-state index contributed by atoms with van der Waals surface area (Å²) in [6.45, 7) is 7.21. The summed E-state index contributed by atoms with van der Waals surface area (Å²) in [5, 5.41) is 8.65. The lowest BCUT2D eigenvalue weighted by Gasteiger charge is -2.22. The monoisotopic (exact) mass is 323 g/mol. The van der Waals surface area contributed by atoms with E-state index in [0.29, 0.717) is 5.02 Å². The Morgan fingerprint density at radius 2 is 1.95 bits per heavy atom. The number of nitrogens with zero attached hydrogens (tertiary/aromatic N) is 2. The van der Waals surface area contributed by atoms with Crippen molar-refractivity contribution in [3.8, 4) is 0 Å². The van der Waals surface area contributed by atoms with Crippen molar-refractivity contribution in [2.24, 2.45) is 0 Å². The molecule has 0 aliphatic heterocycles. The first kappa shape index (κ1) is 16.4.